The molecule has 0 spiro atoms. The lowest BCUT2D eigenvalue weighted by Crippen LogP contribution is -2.34. The first kappa shape index (κ1) is 29.0. The lowest BCUT2D eigenvalue weighted by atomic mass is 9.80. The molecule has 210 valence electrons. The number of Topliss-reactive ketones (excluding diaryl/α,β-unsaturated/α-hetero) is 1. The van der Waals surface area contributed by atoms with Crippen molar-refractivity contribution in [2.75, 3.05) is 0 Å². The van der Waals surface area contributed by atoms with Crippen molar-refractivity contribution in [3.8, 4) is 0 Å². The Kier molecular flexibility index (Phi) is 9.57. The van der Waals surface area contributed by atoms with Crippen LogP contribution in [0.15, 0.2) is 132 Å². The highest BCUT2D eigenvalue weighted by Gasteiger charge is 2.40. The smallest absolute Gasteiger partial charge is 0.321 e. The van der Waals surface area contributed by atoms with Crippen LogP contribution in [0, 0.1) is 5.92 Å². The summed E-state index contributed by atoms with van der Waals surface area (Å²) < 4.78 is 12.2. The second-order valence-corrected chi connectivity index (χ2v) is 10.9. The molecule has 0 heterocycles. The van der Waals surface area contributed by atoms with Crippen molar-refractivity contribution >= 4 is 44.4 Å². The van der Waals surface area contributed by atoms with E-state index >= 15 is 0 Å². The summed E-state index contributed by atoms with van der Waals surface area (Å²) in [6.45, 7) is -0.0156. The molecule has 5 rings (SSSR count). The predicted octanol–water partition coefficient (Wildman–Crippen LogP) is 8.06. The van der Waals surface area contributed by atoms with Crippen LogP contribution in [-0.4, -0.2) is 17.7 Å². The summed E-state index contributed by atoms with van der Waals surface area (Å²) in [6.07, 6.45) is -0.0969. The van der Waals surface area contributed by atoms with Gasteiger partial charge in [0.25, 0.3) is 0 Å². The lowest BCUT2D eigenvalue weighted by molar-refractivity contribution is -0.165. The van der Waals surface area contributed by atoms with E-state index in [-0.39, 0.29) is 25.4 Å². The highest BCUT2D eigenvalue weighted by molar-refractivity contribution is 9.10. The number of ether oxygens (including phenoxy) is 2. The van der Waals surface area contributed by atoms with Gasteiger partial charge in [0.2, 0.25) is 0 Å². The van der Waals surface area contributed by atoms with Crippen LogP contribution in [0.5, 0.6) is 0 Å². The normalized spacial score (nSPS) is 11.7. The van der Waals surface area contributed by atoms with Gasteiger partial charge in [-0.15, -0.1) is 0 Å². The molecule has 0 amide bonds. The number of benzene rings is 5. The Hall–Kier alpha value is -4.55. The Balaban J connectivity index is 1.52. The van der Waals surface area contributed by atoms with Crippen LogP contribution in [0.4, 0.5) is 0 Å². The van der Waals surface area contributed by atoms with Crippen LogP contribution in [0.25, 0.3) is 10.8 Å². The van der Waals surface area contributed by atoms with Crippen molar-refractivity contribution < 1.29 is 23.9 Å². The largest absolute Gasteiger partial charge is 0.460 e. The standard InChI is InChI=1S/C36H29BrO5/c37-31-17-9-16-30(21-31)33(38)22-32(29-19-18-27-14-7-8-15-28(27)20-29)34(35(39)41-23-25-10-3-1-4-11-25)36(40)42-24-26-12-5-2-6-13-26/h1-21,32,34H,22-24H2/t32-/m1/s1. The van der Waals surface area contributed by atoms with Crippen molar-refractivity contribution in [3.05, 3.63) is 154 Å². The molecule has 42 heavy (non-hydrogen) atoms. The predicted molar refractivity (Wildman–Crippen MR) is 166 cm³/mol. The summed E-state index contributed by atoms with van der Waals surface area (Å²) in [5, 5.41) is 1.94. The maximum Gasteiger partial charge on any atom is 0.321 e. The number of carbonyl (C=O) groups excluding carboxylic acids is 3. The number of rotatable bonds is 11. The minimum Gasteiger partial charge on any atom is -0.460 e. The molecule has 0 bridgehead atoms. The molecular weight excluding hydrogens is 592 g/mol. The van der Waals surface area contributed by atoms with E-state index in [0.29, 0.717) is 11.1 Å². The van der Waals surface area contributed by atoms with Crippen molar-refractivity contribution in [1.29, 1.82) is 0 Å². The molecule has 0 aliphatic rings. The first-order chi connectivity index (χ1) is 20.5. The third-order valence-electron chi connectivity index (χ3n) is 7.11. The molecule has 5 aromatic rings. The van der Waals surface area contributed by atoms with Crippen LogP contribution >= 0.6 is 15.9 Å². The Morgan fingerprint density at radius 1 is 0.595 bits per heavy atom. The Morgan fingerprint density at radius 3 is 1.76 bits per heavy atom. The number of hydrogen-bond acceptors (Lipinski definition) is 5. The summed E-state index contributed by atoms with van der Waals surface area (Å²) in [5.74, 6) is -3.87. The van der Waals surface area contributed by atoms with E-state index in [9.17, 15) is 14.4 Å². The average molecular weight is 622 g/mol. The molecule has 0 fully saturated rings. The second-order valence-electron chi connectivity index (χ2n) is 10.0. The first-order valence-corrected chi connectivity index (χ1v) is 14.5. The van der Waals surface area contributed by atoms with Gasteiger partial charge >= 0.3 is 11.9 Å². The van der Waals surface area contributed by atoms with Gasteiger partial charge in [0.1, 0.15) is 13.2 Å². The maximum atomic E-state index is 13.8. The zero-order chi connectivity index (χ0) is 29.3. The summed E-state index contributed by atoms with van der Waals surface area (Å²) in [4.78, 5) is 41.2. The van der Waals surface area contributed by atoms with Gasteiger partial charge < -0.3 is 9.47 Å². The number of halogens is 1. The molecule has 0 saturated heterocycles. The minimum absolute atomic E-state index is 0.00778. The van der Waals surface area contributed by atoms with Crippen LogP contribution in [0.2, 0.25) is 0 Å². The zero-order valence-electron chi connectivity index (χ0n) is 22.8. The van der Waals surface area contributed by atoms with Gasteiger partial charge in [-0.2, -0.15) is 0 Å². The van der Waals surface area contributed by atoms with E-state index < -0.39 is 23.8 Å². The number of esters is 2. The quantitative estimate of drug-likeness (QED) is 0.0848. The minimum atomic E-state index is -1.37. The van der Waals surface area contributed by atoms with Crippen molar-refractivity contribution in [1.82, 2.24) is 0 Å². The van der Waals surface area contributed by atoms with Gasteiger partial charge in [0.15, 0.2) is 11.7 Å². The zero-order valence-corrected chi connectivity index (χ0v) is 24.4. The third kappa shape index (κ3) is 7.39. The number of carbonyl (C=O) groups is 3. The lowest BCUT2D eigenvalue weighted by Gasteiger charge is -2.25. The van der Waals surface area contributed by atoms with Crippen LogP contribution in [0.3, 0.4) is 0 Å². The van der Waals surface area contributed by atoms with Crippen LogP contribution in [-0.2, 0) is 32.3 Å². The molecule has 6 heteroatoms. The van der Waals surface area contributed by atoms with Crippen molar-refractivity contribution in [2.24, 2.45) is 5.92 Å². The molecular formula is C36H29BrO5. The molecule has 0 N–H and O–H groups in total. The van der Waals surface area contributed by atoms with Crippen LogP contribution in [0.1, 0.15) is 39.4 Å². The Labute approximate surface area is 253 Å². The summed E-state index contributed by atoms with van der Waals surface area (Å²) in [6, 6.07) is 39.1. The van der Waals surface area contributed by atoms with E-state index in [1.54, 1.807) is 18.2 Å². The average Bonchev–Trinajstić information content (AvgIpc) is 3.03. The summed E-state index contributed by atoms with van der Waals surface area (Å²) in [7, 11) is 0. The topological polar surface area (TPSA) is 69.7 Å². The van der Waals surface area contributed by atoms with Gasteiger partial charge in [-0.3, -0.25) is 14.4 Å². The maximum absolute atomic E-state index is 13.8. The van der Waals surface area contributed by atoms with Gasteiger partial charge in [0, 0.05) is 22.4 Å². The Morgan fingerprint density at radius 2 is 1.17 bits per heavy atom. The van der Waals surface area contributed by atoms with Gasteiger partial charge in [-0.1, -0.05) is 131 Å². The second kappa shape index (κ2) is 13.9. The van der Waals surface area contributed by atoms with Gasteiger partial charge in [-0.05, 0) is 39.6 Å². The number of ketones is 1. The molecule has 5 nitrogen and oxygen atoms in total. The van der Waals surface area contributed by atoms with E-state index in [1.165, 1.54) is 0 Å². The summed E-state index contributed by atoms with van der Waals surface area (Å²) >= 11 is 3.43. The number of fused-ring (bicyclic) bond motifs is 1. The molecule has 0 saturated carbocycles. The van der Waals surface area contributed by atoms with Gasteiger partial charge in [-0.25, -0.2) is 0 Å². The highest BCUT2D eigenvalue weighted by Crippen LogP contribution is 2.34. The number of hydrogen-bond donors (Lipinski definition) is 0. The van der Waals surface area contributed by atoms with E-state index in [0.717, 1.165) is 26.4 Å². The molecule has 0 aliphatic heterocycles. The van der Waals surface area contributed by atoms with Crippen LogP contribution < -0.4 is 0 Å². The fourth-order valence-corrected chi connectivity index (χ4v) is 5.31. The van der Waals surface area contributed by atoms with E-state index in [4.69, 9.17) is 9.47 Å². The fraction of sp³-hybridized carbons (Fsp3) is 0.139. The van der Waals surface area contributed by atoms with E-state index in [1.807, 2.05) is 109 Å². The third-order valence-corrected chi connectivity index (χ3v) is 7.60. The first-order valence-electron chi connectivity index (χ1n) is 13.7. The Bertz CT molecular complexity index is 1630. The van der Waals surface area contributed by atoms with E-state index in [2.05, 4.69) is 15.9 Å². The fourth-order valence-electron chi connectivity index (χ4n) is 4.91. The van der Waals surface area contributed by atoms with Crippen molar-refractivity contribution in [2.45, 2.75) is 25.6 Å². The van der Waals surface area contributed by atoms with Crippen molar-refractivity contribution in [3.63, 3.8) is 0 Å². The highest BCUT2D eigenvalue weighted by atomic mass is 79.9. The summed E-state index contributed by atoms with van der Waals surface area (Å²) in [5.41, 5.74) is 2.73. The molecule has 0 unspecified atom stereocenters. The molecule has 0 radical (unpaired) electrons. The molecule has 1 atom stereocenters. The monoisotopic (exact) mass is 620 g/mol. The SMILES string of the molecule is O=C(C[C@H](c1ccc2ccccc2c1)C(C(=O)OCc1ccccc1)C(=O)OCc1ccccc1)c1cccc(Br)c1. The molecule has 0 aliphatic carbocycles. The van der Waals surface area contributed by atoms with Gasteiger partial charge in [0.05, 0.1) is 0 Å². The molecule has 5 aromatic carbocycles. The molecule has 0 aromatic heterocycles.